The Morgan fingerprint density at radius 1 is 0.300 bits per heavy atom. The minimum atomic E-state index is 1.03. The van der Waals surface area contributed by atoms with Gasteiger partial charge in [0.2, 0.25) is 0 Å². The number of nitrogens with zero attached hydrogens (tertiary/aromatic N) is 2. The smallest absolute Gasteiger partial charge is 0.0541 e. The summed E-state index contributed by atoms with van der Waals surface area (Å²) in [6.45, 7) is 0. The number of hydrogen-bond donors (Lipinski definition) is 0. The third-order valence-corrected chi connectivity index (χ3v) is 12.9. The van der Waals surface area contributed by atoms with E-state index in [1.165, 1.54) is 99.9 Å². The lowest BCUT2D eigenvalue weighted by molar-refractivity contribution is 0.876. The van der Waals surface area contributed by atoms with Gasteiger partial charge in [-0.2, -0.15) is 0 Å². The maximum atomic E-state index is 2.50. The highest BCUT2D eigenvalue weighted by molar-refractivity contribution is 6.10. The molecule has 0 atom stereocenters. The van der Waals surface area contributed by atoms with Crippen LogP contribution in [0.3, 0.4) is 0 Å². The van der Waals surface area contributed by atoms with Gasteiger partial charge in [-0.05, 0) is 159 Å². The molecular weight excluding hydrogens is 725 g/mol. The summed E-state index contributed by atoms with van der Waals surface area (Å²) in [5.74, 6) is 0. The Morgan fingerprint density at radius 3 is 1.28 bits per heavy atom. The zero-order valence-electron chi connectivity index (χ0n) is 33.4. The second kappa shape index (κ2) is 14.1. The van der Waals surface area contributed by atoms with Crippen LogP contribution in [0.25, 0.3) is 72.0 Å². The van der Waals surface area contributed by atoms with Gasteiger partial charge in [-0.1, -0.05) is 140 Å². The van der Waals surface area contributed by atoms with E-state index >= 15 is 0 Å². The Kier molecular flexibility index (Phi) is 8.16. The van der Waals surface area contributed by atoms with Gasteiger partial charge in [-0.25, -0.2) is 0 Å². The lowest BCUT2D eigenvalue weighted by atomic mass is 9.74. The summed E-state index contributed by atoms with van der Waals surface area (Å²) in [6.07, 6.45) is 4.14. The fraction of sp³-hybridized carbons (Fsp3) is 0.0690. The molecule has 10 aromatic rings. The molecule has 0 fully saturated rings. The van der Waals surface area contributed by atoms with Crippen LogP contribution in [0.5, 0.6) is 0 Å². The summed E-state index contributed by atoms with van der Waals surface area (Å²) in [5.41, 5.74) is 23.6. The normalized spacial score (nSPS) is 12.7. The van der Waals surface area contributed by atoms with Gasteiger partial charge in [0.15, 0.2) is 0 Å². The summed E-state index contributed by atoms with van der Waals surface area (Å²) in [5, 5.41) is 2.59. The molecular formula is C58H42N2. The van der Waals surface area contributed by atoms with Crippen molar-refractivity contribution in [3.8, 4) is 50.2 Å². The lowest BCUT2D eigenvalue weighted by Gasteiger charge is -2.33. The molecule has 0 N–H and O–H groups in total. The van der Waals surface area contributed by atoms with Gasteiger partial charge in [-0.15, -0.1) is 0 Å². The van der Waals surface area contributed by atoms with Gasteiger partial charge in [0.05, 0.1) is 11.0 Å². The number of hydrogen-bond acceptors (Lipinski definition) is 1. The molecule has 2 nitrogen and oxygen atoms in total. The van der Waals surface area contributed by atoms with E-state index in [0.717, 1.165) is 37.1 Å². The highest BCUT2D eigenvalue weighted by Gasteiger charge is 2.29. The molecule has 2 aliphatic carbocycles. The Morgan fingerprint density at radius 2 is 0.733 bits per heavy atom. The zero-order valence-corrected chi connectivity index (χ0v) is 33.4. The monoisotopic (exact) mass is 766 g/mol. The van der Waals surface area contributed by atoms with Crippen molar-refractivity contribution in [3.63, 3.8) is 0 Å². The molecule has 0 unspecified atom stereocenters. The van der Waals surface area contributed by atoms with Crippen LogP contribution in [0.15, 0.2) is 206 Å². The second-order valence-electron chi connectivity index (χ2n) is 16.4. The van der Waals surface area contributed by atoms with Gasteiger partial charge < -0.3 is 9.47 Å². The molecule has 0 saturated heterocycles. The maximum Gasteiger partial charge on any atom is 0.0541 e. The largest absolute Gasteiger partial charge is 0.310 e. The fourth-order valence-corrected chi connectivity index (χ4v) is 10.1. The number of para-hydroxylation sites is 2. The van der Waals surface area contributed by atoms with Crippen LogP contribution in [0.1, 0.15) is 22.3 Å². The van der Waals surface area contributed by atoms with E-state index in [1.54, 1.807) is 0 Å². The van der Waals surface area contributed by atoms with Crippen molar-refractivity contribution in [1.29, 1.82) is 0 Å². The molecule has 0 aliphatic heterocycles. The predicted octanol–water partition coefficient (Wildman–Crippen LogP) is 15.1. The summed E-state index contributed by atoms with van der Waals surface area (Å²) in [7, 11) is 0. The molecule has 0 spiro atoms. The van der Waals surface area contributed by atoms with E-state index in [-0.39, 0.29) is 0 Å². The molecule has 12 rings (SSSR count). The van der Waals surface area contributed by atoms with Gasteiger partial charge in [0, 0.05) is 33.5 Å². The van der Waals surface area contributed by atoms with E-state index in [2.05, 4.69) is 216 Å². The molecule has 0 bridgehead atoms. The Bertz CT molecular complexity index is 3080. The van der Waals surface area contributed by atoms with Gasteiger partial charge in [0.1, 0.15) is 0 Å². The average molecular weight is 767 g/mol. The number of aromatic nitrogens is 1. The quantitative estimate of drug-likeness (QED) is 0.157. The van der Waals surface area contributed by atoms with Crippen molar-refractivity contribution in [2.45, 2.75) is 25.7 Å². The van der Waals surface area contributed by atoms with Crippen molar-refractivity contribution in [2.75, 3.05) is 4.90 Å². The SMILES string of the molecule is c1ccc(-c2ccc(N(c3ccc(-c4ccccc4)cc3)c3cc4c5c(c3)CCc3cc(-c6ccc7c(c6)c6ccccc6n7-c6ccccc6)cc(c3-5)CC4)cc2)cc1. The first-order chi connectivity index (χ1) is 29.7. The van der Waals surface area contributed by atoms with Crippen LogP contribution in [0, 0.1) is 0 Å². The molecule has 0 saturated carbocycles. The highest BCUT2D eigenvalue weighted by atomic mass is 15.1. The van der Waals surface area contributed by atoms with E-state index in [4.69, 9.17) is 0 Å². The number of fused-ring (bicyclic) bond motifs is 3. The molecule has 284 valence electrons. The minimum absolute atomic E-state index is 1.03. The fourth-order valence-electron chi connectivity index (χ4n) is 10.1. The Balaban J connectivity index is 0.939. The van der Waals surface area contributed by atoms with Crippen molar-refractivity contribution < 1.29 is 0 Å². The third-order valence-electron chi connectivity index (χ3n) is 12.9. The number of benzene rings is 9. The van der Waals surface area contributed by atoms with E-state index in [9.17, 15) is 0 Å². The zero-order chi connectivity index (χ0) is 39.6. The first kappa shape index (κ1) is 34.6. The van der Waals surface area contributed by atoms with Crippen molar-refractivity contribution in [1.82, 2.24) is 4.57 Å². The summed E-state index contributed by atoms with van der Waals surface area (Å²) in [4.78, 5) is 2.46. The number of aryl methyl sites for hydroxylation is 4. The van der Waals surface area contributed by atoms with Gasteiger partial charge >= 0.3 is 0 Å². The molecule has 0 amide bonds. The Hall–Kier alpha value is -7.42. The number of rotatable bonds is 7. The van der Waals surface area contributed by atoms with Crippen LogP contribution in [-0.2, 0) is 25.7 Å². The van der Waals surface area contributed by atoms with E-state index in [1.807, 2.05) is 0 Å². The van der Waals surface area contributed by atoms with Crippen LogP contribution in [0.2, 0.25) is 0 Å². The number of anilines is 3. The molecule has 2 heteroatoms. The predicted molar refractivity (Wildman–Crippen MR) is 252 cm³/mol. The van der Waals surface area contributed by atoms with Crippen LogP contribution in [0.4, 0.5) is 17.1 Å². The van der Waals surface area contributed by atoms with Crippen molar-refractivity contribution in [2.24, 2.45) is 0 Å². The third kappa shape index (κ3) is 5.79. The summed E-state index contributed by atoms with van der Waals surface area (Å²) in [6, 6.07) is 76.1. The van der Waals surface area contributed by atoms with Crippen molar-refractivity contribution >= 4 is 38.9 Å². The van der Waals surface area contributed by atoms with E-state index < -0.39 is 0 Å². The first-order valence-electron chi connectivity index (χ1n) is 21.3. The van der Waals surface area contributed by atoms with Crippen molar-refractivity contribution in [3.05, 3.63) is 229 Å². The highest BCUT2D eigenvalue weighted by Crippen LogP contribution is 2.48. The molecule has 9 aromatic carbocycles. The maximum absolute atomic E-state index is 2.50. The molecule has 0 radical (unpaired) electrons. The van der Waals surface area contributed by atoms with E-state index in [0.29, 0.717) is 0 Å². The second-order valence-corrected chi connectivity index (χ2v) is 16.4. The molecule has 1 heterocycles. The van der Waals surface area contributed by atoms with Crippen LogP contribution >= 0.6 is 0 Å². The molecule has 2 aliphatic rings. The Labute approximate surface area is 351 Å². The first-order valence-corrected chi connectivity index (χ1v) is 21.3. The molecule has 1 aromatic heterocycles. The summed E-state index contributed by atoms with van der Waals surface area (Å²) >= 11 is 0. The van der Waals surface area contributed by atoms with Gasteiger partial charge in [-0.3, -0.25) is 0 Å². The van der Waals surface area contributed by atoms with Crippen LogP contribution in [-0.4, -0.2) is 4.57 Å². The standard InChI is InChI=1S/C58H42N2/c1-4-12-39(13-5-1)41-24-29-50(30-25-41)59(51-31-26-42(27-32-51)40-14-6-2-7-15-40)52-36-46-22-20-44-34-48(35-45-21-23-47(37-52)58(46)57(44)45)43-28-33-56-54(38-43)53-18-10-11-19-55(53)60(56)49-16-8-3-9-17-49/h1-19,24-38H,20-23H2. The summed E-state index contributed by atoms with van der Waals surface area (Å²) < 4.78 is 2.40. The average Bonchev–Trinajstić information content (AvgIpc) is 3.66. The topological polar surface area (TPSA) is 8.17 Å². The van der Waals surface area contributed by atoms with Gasteiger partial charge in [0.25, 0.3) is 0 Å². The minimum Gasteiger partial charge on any atom is -0.310 e. The lowest BCUT2D eigenvalue weighted by Crippen LogP contribution is -2.17. The van der Waals surface area contributed by atoms with Crippen LogP contribution < -0.4 is 4.90 Å². The molecule has 60 heavy (non-hydrogen) atoms.